The average molecular weight is 630 g/mol. The zero-order valence-corrected chi connectivity index (χ0v) is 24.2. The first-order valence-corrected chi connectivity index (χ1v) is 13.8. The van der Waals surface area contributed by atoms with Crippen molar-refractivity contribution >= 4 is 55.2 Å². The molecule has 0 aliphatic heterocycles. The summed E-state index contributed by atoms with van der Waals surface area (Å²) in [4.78, 5) is 40.1. The highest BCUT2D eigenvalue weighted by Crippen LogP contribution is 2.33. The molecule has 11 heteroatoms. The van der Waals surface area contributed by atoms with E-state index in [4.69, 9.17) is 16.3 Å². The lowest BCUT2D eigenvalue weighted by molar-refractivity contribution is 0.397. The summed E-state index contributed by atoms with van der Waals surface area (Å²) in [6, 6.07) is 19.2. The molecule has 2 aromatic carbocycles. The van der Waals surface area contributed by atoms with Crippen LogP contribution in [0.15, 0.2) is 99.5 Å². The average Bonchev–Trinajstić information content (AvgIpc) is 3.00. The van der Waals surface area contributed by atoms with E-state index in [1.807, 2.05) is 55.5 Å². The Balaban J connectivity index is 1.54. The lowest BCUT2D eigenvalue weighted by atomic mass is 10.1. The van der Waals surface area contributed by atoms with Crippen molar-refractivity contribution in [1.82, 2.24) is 24.1 Å². The van der Waals surface area contributed by atoms with E-state index in [9.17, 15) is 9.59 Å². The summed E-state index contributed by atoms with van der Waals surface area (Å²) in [5.41, 5.74) is 1.78. The molecule has 4 aromatic heterocycles. The molecular weight excluding hydrogens is 608 g/mol. The molecule has 0 saturated carbocycles. The quantitative estimate of drug-likeness (QED) is 0.238. The van der Waals surface area contributed by atoms with Crippen LogP contribution in [0.2, 0.25) is 5.02 Å². The van der Waals surface area contributed by atoms with Gasteiger partial charge in [-0.3, -0.25) is 18.7 Å². The number of aromatic nitrogens is 5. The van der Waals surface area contributed by atoms with E-state index in [2.05, 4.69) is 36.2 Å². The number of ether oxygens (including phenoxy) is 1. The van der Waals surface area contributed by atoms with Crippen LogP contribution >= 0.6 is 27.5 Å². The van der Waals surface area contributed by atoms with Gasteiger partial charge in [0.1, 0.15) is 17.5 Å². The summed E-state index contributed by atoms with van der Waals surface area (Å²) < 4.78 is 9.34. The summed E-state index contributed by atoms with van der Waals surface area (Å²) in [6.45, 7) is 1.87. The molecule has 0 spiro atoms. The molecule has 0 radical (unpaired) electrons. The van der Waals surface area contributed by atoms with Crippen molar-refractivity contribution in [1.29, 1.82) is 0 Å². The first-order valence-electron chi connectivity index (χ1n) is 12.6. The number of rotatable bonds is 6. The molecule has 6 rings (SSSR count). The van der Waals surface area contributed by atoms with Gasteiger partial charge in [-0.15, -0.1) is 0 Å². The number of halogens is 2. The smallest absolute Gasteiger partial charge is 0.263 e. The summed E-state index contributed by atoms with van der Waals surface area (Å²) in [6.07, 6.45) is 4.63. The molecule has 0 unspecified atom stereocenters. The second kappa shape index (κ2) is 10.8. The van der Waals surface area contributed by atoms with Gasteiger partial charge in [0, 0.05) is 41.0 Å². The number of hydrogen-bond acceptors (Lipinski definition) is 7. The summed E-state index contributed by atoms with van der Waals surface area (Å²) >= 11 is 10.5. The van der Waals surface area contributed by atoms with E-state index in [0.717, 1.165) is 0 Å². The molecule has 0 saturated heterocycles. The number of fused-ring (bicyclic) bond motifs is 2. The number of anilines is 1. The number of para-hydroxylation sites is 1. The minimum atomic E-state index is -0.543. The highest BCUT2D eigenvalue weighted by Gasteiger charge is 2.23. The maximum Gasteiger partial charge on any atom is 0.263 e. The fourth-order valence-electron chi connectivity index (χ4n) is 4.91. The molecule has 9 nitrogen and oxygen atoms in total. The molecule has 41 heavy (non-hydrogen) atoms. The highest BCUT2D eigenvalue weighted by atomic mass is 79.9. The standard InChI is InChI=1S/C30H22BrClN6O3/c1-17(27-26(32)19-10-6-7-11-20(19)30(40)38(27)18-8-4-3-5-9-18)36-28-25-23(39)12-13-37(29(25)35-16-34-28)22-14-24(41-2)33-15-21(22)31/h3-17H,1-2H3,(H,34,35,36)/t17-/m0/s1. The monoisotopic (exact) mass is 628 g/mol. The topological polar surface area (TPSA) is 104 Å². The summed E-state index contributed by atoms with van der Waals surface area (Å²) in [5.74, 6) is 0.705. The van der Waals surface area contributed by atoms with Crippen molar-refractivity contribution < 1.29 is 4.74 Å². The van der Waals surface area contributed by atoms with E-state index in [1.54, 1.807) is 33.7 Å². The Bertz CT molecular complexity index is 2060. The maximum absolute atomic E-state index is 13.8. The second-order valence-electron chi connectivity index (χ2n) is 9.24. The summed E-state index contributed by atoms with van der Waals surface area (Å²) in [5, 5.41) is 5.19. The Hall–Kier alpha value is -4.54. The molecule has 0 bridgehead atoms. The highest BCUT2D eigenvalue weighted by molar-refractivity contribution is 9.10. The number of nitrogens with zero attached hydrogens (tertiary/aromatic N) is 5. The number of methoxy groups -OCH3 is 1. The number of hydrogen-bond donors (Lipinski definition) is 1. The van der Waals surface area contributed by atoms with Crippen LogP contribution in [0.5, 0.6) is 5.88 Å². The lowest BCUT2D eigenvalue weighted by Crippen LogP contribution is -2.26. The van der Waals surface area contributed by atoms with Gasteiger partial charge in [0.05, 0.1) is 34.0 Å². The van der Waals surface area contributed by atoms with Crippen molar-refractivity contribution in [2.45, 2.75) is 13.0 Å². The molecule has 4 heterocycles. The van der Waals surface area contributed by atoms with Crippen molar-refractivity contribution in [3.63, 3.8) is 0 Å². The minimum Gasteiger partial charge on any atom is -0.481 e. The van der Waals surface area contributed by atoms with Crippen molar-refractivity contribution in [2.24, 2.45) is 0 Å². The van der Waals surface area contributed by atoms with Crippen LogP contribution < -0.4 is 21.0 Å². The van der Waals surface area contributed by atoms with Crippen LogP contribution in [0.3, 0.4) is 0 Å². The Labute approximate surface area is 247 Å². The van der Waals surface area contributed by atoms with Crippen LogP contribution in [0.1, 0.15) is 18.7 Å². The lowest BCUT2D eigenvalue weighted by Gasteiger charge is -2.23. The number of pyridine rings is 3. The zero-order chi connectivity index (χ0) is 28.7. The Morgan fingerprint density at radius 3 is 2.46 bits per heavy atom. The van der Waals surface area contributed by atoms with E-state index in [1.165, 1.54) is 19.5 Å². The third kappa shape index (κ3) is 4.64. The minimum absolute atomic E-state index is 0.203. The van der Waals surface area contributed by atoms with Crippen LogP contribution in [-0.2, 0) is 0 Å². The molecular formula is C30H22BrClN6O3. The first-order chi connectivity index (χ1) is 19.9. The number of nitrogens with one attached hydrogen (secondary N) is 1. The van der Waals surface area contributed by atoms with Crippen LogP contribution in [0.25, 0.3) is 33.2 Å². The van der Waals surface area contributed by atoms with E-state index in [-0.39, 0.29) is 16.4 Å². The van der Waals surface area contributed by atoms with Gasteiger partial charge in [-0.1, -0.05) is 48.0 Å². The Morgan fingerprint density at radius 1 is 0.976 bits per heavy atom. The van der Waals surface area contributed by atoms with Crippen LogP contribution in [-0.4, -0.2) is 31.2 Å². The van der Waals surface area contributed by atoms with E-state index >= 15 is 0 Å². The van der Waals surface area contributed by atoms with Crippen LogP contribution in [0, 0.1) is 0 Å². The molecule has 0 aliphatic carbocycles. The fraction of sp³-hybridized carbons (Fsp3) is 0.100. The van der Waals surface area contributed by atoms with Gasteiger partial charge >= 0.3 is 0 Å². The van der Waals surface area contributed by atoms with Crippen molar-refractivity contribution in [3.8, 4) is 17.3 Å². The van der Waals surface area contributed by atoms with E-state index in [0.29, 0.717) is 54.7 Å². The largest absolute Gasteiger partial charge is 0.481 e. The normalized spacial score (nSPS) is 12.0. The van der Waals surface area contributed by atoms with Crippen molar-refractivity contribution in [3.05, 3.63) is 121 Å². The van der Waals surface area contributed by atoms with Gasteiger partial charge in [0.15, 0.2) is 11.1 Å². The predicted octanol–water partition coefficient (Wildman–Crippen LogP) is 6.08. The third-order valence-electron chi connectivity index (χ3n) is 6.80. The van der Waals surface area contributed by atoms with Gasteiger partial charge in [0.25, 0.3) is 5.56 Å². The Morgan fingerprint density at radius 2 is 1.71 bits per heavy atom. The molecule has 0 amide bonds. The van der Waals surface area contributed by atoms with Crippen molar-refractivity contribution in [2.75, 3.05) is 12.4 Å². The summed E-state index contributed by atoms with van der Waals surface area (Å²) in [7, 11) is 1.53. The first kappa shape index (κ1) is 26.7. The Kier molecular flexibility index (Phi) is 7.02. The molecule has 1 atom stereocenters. The molecule has 0 fully saturated rings. The SMILES string of the molecule is COc1cc(-n2ccc(=O)c3c(N[C@@H](C)c4c(Cl)c5ccccc5c(=O)n4-c4ccccc4)ncnc32)c(Br)cn1. The number of benzene rings is 2. The molecule has 6 aromatic rings. The molecule has 1 N–H and O–H groups in total. The second-order valence-corrected chi connectivity index (χ2v) is 10.5. The van der Waals surface area contributed by atoms with Gasteiger partial charge in [0.2, 0.25) is 5.88 Å². The maximum atomic E-state index is 13.8. The molecule has 204 valence electrons. The predicted molar refractivity (Wildman–Crippen MR) is 164 cm³/mol. The molecule has 0 aliphatic rings. The van der Waals surface area contributed by atoms with Gasteiger partial charge in [-0.2, -0.15) is 0 Å². The van der Waals surface area contributed by atoms with Gasteiger partial charge in [-0.25, -0.2) is 15.0 Å². The van der Waals surface area contributed by atoms with E-state index < -0.39 is 6.04 Å². The third-order valence-corrected chi connectivity index (χ3v) is 7.80. The van der Waals surface area contributed by atoms with Gasteiger partial charge < -0.3 is 10.1 Å². The van der Waals surface area contributed by atoms with Crippen LogP contribution in [0.4, 0.5) is 5.82 Å². The zero-order valence-electron chi connectivity index (χ0n) is 21.9. The van der Waals surface area contributed by atoms with Gasteiger partial charge in [-0.05, 0) is 41.1 Å². The fourth-order valence-corrected chi connectivity index (χ4v) is 5.73.